The molecule has 202 valence electrons. The van der Waals surface area contributed by atoms with E-state index in [4.69, 9.17) is 18.9 Å². The highest BCUT2D eigenvalue weighted by atomic mass is 32.2. The van der Waals surface area contributed by atoms with Crippen molar-refractivity contribution < 1.29 is 32.2 Å². The summed E-state index contributed by atoms with van der Waals surface area (Å²) in [4.78, 5) is 13.0. The number of ether oxygens (including phenoxy) is 4. The third-order valence-corrected chi connectivity index (χ3v) is 7.19. The summed E-state index contributed by atoms with van der Waals surface area (Å²) in [5, 5.41) is 3.99. The van der Waals surface area contributed by atoms with Gasteiger partial charge in [0.25, 0.3) is 15.9 Å². The van der Waals surface area contributed by atoms with E-state index in [1.165, 1.54) is 39.7 Å². The second-order valence-electron chi connectivity index (χ2n) is 7.98. The first-order valence-electron chi connectivity index (χ1n) is 11.7. The minimum absolute atomic E-state index is 0.0446. The lowest BCUT2D eigenvalue weighted by Gasteiger charge is -2.25. The number of para-hydroxylation sites is 2. The fourth-order valence-electron chi connectivity index (χ4n) is 3.60. The van der Waals surface area contributed by atoms with Crippen LogP contribution in [0.25, 0.3) is 0 Å². The van der Waals surface area contributed by atoms with Gasteiger partial charge in [-0.3, -0.25) is 9.10 Å². The molecule has 0 heterocycles. The highest BCUT2D eigenvalue weighted by Gasteiger charge is 2.29. The molecule has 0 fully saturated rings. The number of methoxy groups -OCH3 is 3. The number of nitrogens with one attached hydrogen (secondary N) is 1. The van der Waals surface area contributed by atoms with Crippen LogP contribution in [0.2, 0.25) is 0 Å². The molecule has 0 aliphatic rings. The number of hydrogen-bond acceptors (Lipinski definition) is 8. The van der Waals surface area contributed by atoms with Gasteiger partial charge in [0.1, 0.15) is 12.3 Å². The maximum atomic E-state index is 13.6. The Balaban J connectivity index is 1.90. The molecule has 3 aromatic rings. The normalized spacial score (nSPS) is 11.2. The number of sulfonamides is 1. The van der Waals surface area contributed by atoms with E-state index in [9.17, 15) is 13.2 Å². The Bertz CT molecular complexity index is 1370. The Hall–Kier alpha value is -4.25. The fraction of sp³-hybridized carbons (Fsp3) is 0.259. The number of benzene rings is 3. The van der Waals surface area contributed by atoms with E-state index in [1.54, 1.807) is 55.5 Å². The number of aryl methyl sites for hydroxylation is 1. The van der Waals surface area contributed by atoms with Gasteiger partial charge in [0, 0.05) is 5.56 Å². The van der Waals surface area contributed by atoms with Gasteiger partial charge in [-0.25, -0.2) is 13.8 Å². The van der Waals surface area contributed by atoms with Gasteiger partial charge >= 0.3 is 0 Å². The third-order valence-electron chi connectivity index (χ3n) is 5.42. The van der Waals surface area contributed by atoms with Crippen LogP contribution < -0.4 is 28.7 Å². The topological polar surface area (TPSA) is 116 Å². The molecule has 0 atom stereocenters. The predicted molar refractivity (Wildman–Crippen MR) is 145 cm³/mol. The standard InChI is InChI=1S/C27H31N3O7S/c1-6-37-23-10-8-7-9-22(23)30(38(32,33)21-13-11-19(2)12-14-21)18-26(31)29-28-17-20-15-24(34-3)27(36-5)25(16-20)35-4/h7-17H,6,18H2,1-5H3,(H,29,31)/b28-17-. The van der Waals surface area contributed by atoms with Gasteiger partial charge in [0.15, 0.2) is 11.5 Å². The van der Waals surface area contributed by atoms with E-state index >= 15 is 0 Å². The van der Waals surface area contributed by atoms with E-state index in [0.717, 1.165) is 9.87 Å². The molecule has 0 radical (unpaired) electrons. The van der Waals surface area contributed by atoms with Crippen molar-refractivity contribution in [3.63, 3.8) is 0 Å². The predicted octanol–water partition coefficient (Wildman–Crippen LogP) is 3.77. The summed E-state index contributed by atoms with van der Waals surface area (Å²) >= 11 is 0. The minimum atomic E-state index is -4.12. The molecule has 3 aromatic carbocycles. The zero-order valence-electron chi connectivity index (χ0n) is 21.9. The smallest absolute Gasteiger partial charge is 0.264 e. The lowest BCUT2D eigenvalue weighted by molar-refractivity contribution is -0.119. The van der Waals surface area contributed by atoms with Crippen molar-refractivity contribution in [2.75, 3.05) is 38.8 Å². The number of nitrogens with zero attached hydrogens (tertiary/aromatic N) is 2. The SMILES string of the molecule is CCOc1ccccc1N(CC(=O)N/N=C\c1cc(OC)c(OC)c(OC)c1)S(=O)(=O)c1ccc(C)cc1. The number of rotatable bonds is 12. The third kappa shape index (κ3) is 6.54. The molecule has 11 heteroatoms. The van der Waals surface area contributed by atoms with E-state index in [1.807, 2.05) is 6.92 Å². The summed E-state index contributed by atoms with van der Waals surface area (Å²) in [6.45, 7) is 3.44. The quantitative estimate of drug-likeness (QED) is 0.274. The minimum Gasteiger partial charge on any atom is -0.493 e. The zero-order chi connectivity index (χ0) is 27.7. The summed E-state index contributed by atoms with van der Waals surface area (Å²) < 4.78 is 49.9. The largest absolute Gasteiger partial charge is 0.493 e. The summed E-state index contributed by atoms with van der Waals surface area (Å²) in [5.74, 6) is 0.932. The van der Waals surface area contributed by atoms with Gasteiger partial charge in [-0.1, -0.05) is 29.8 Å². The summed E-state index contributed by atoms with van der Waals surface area (Å²) in [7, 11) is 0.357. The van der Waals surface area contributed by atoms with Crippen LogP contribution in [0.5, 0.6) is 23.0 Å². The van der Waals surface area contributed by atoms with Gasteiger partial charge in [0.05, 0.1) is 44.7 Å². The van der Waals surface area contributed by atoms with E-state index in [0.29, 0.717) is 35.2 Å². The molecule has 38 heavy (non-hydrogen) atoms. The Morgan fingerprint density at radius 3 is 2.16 bits per heavy atom. The summed E-state index contributed by atoms with van der Waals surface area (Å²) in [6.07, 6.45) is 1.38. The zero-order valence-corrected chi connectivity index (χ0v) is 22.7. The Morgan fingerprint density at radius 2 is 1.58 bits per heavy atom. The molecule has 0 bridgehead atoms. The van der Waals surface area contributed by atoms with Crippen LogP contribution in [0.4, 0.5) is 5.69 Å². The highest BCUT2D eigenvalue weighted by molar-refractivity contribution is 7.92. The average Bonchev–Trinajstić information content (AvgIpc) is 2.92. The van der Waals surface area contributed by atoms with Crippen LogP contribution in [-0.2, 0) is 14.8 Å². The number of anilines is 1. The molecule has 0 spiro atoms. The summed E-state index contributed by atoms with van der Waals surface area (Å²) in [6, 6.07) is 16.3. The molecule has 0 aliphatic heterocycles. The second-order valence-corrected chi connectivity index (χ2v) is 9.84. The van der Waals surface area contributed by atoms with Crippen molar-refractivity contribution in [3.05, 3.63) is 71.8 Å². The average molecular weight is 542 g/mol. The van der Waals surface area contributed by atoms with Crippen LogP contribution in [0.1, 0.15) is 18.1 Å². The van der Waals surface area contributed by atoms with Gasteiger partial charge < -0.3 is 18.9 Å². The Morgan fingerprint density at radius 1 is 0.947 bits per heavy atom. The van der Waals surface area contributed by atoms with Gasteiger partial charge in [-0.2, -0.15) is 5.10 Å². The molecule has 0 saturated heterocycles. The van der Waals surface area contributed by atoms with Crippen LogP contribution >= 0.6 is 0 Å². The van der Waals surface area contributed by atoms with Crippen LogP contribution in [0, 0.1) is 6.92 Å². The van der Waals surface area contributed by atoms with Crippen LogP contribution in [-0.4, -0.2) is 55.0 Å². The molecule has 1 N–H and O–H groups in total. The van der Waals surface area contributed by atoms with Gasteiger partial charge in [-0.15, -0.1) is 0 Å². The van der Waals surface area contributed by atoms with Crippen molar-refractivity contribution >= 4 is 27.8 Å². The van der Waals surface area contributed by atoms with Gasteiger partial charge in [-0.05, 0) is 50.2 Å². The van der Waals surface area contributed by atoms with E-state index < -0.39 is 22.5 Å². The molecule has 0 unspecified atom stereocenters. The first-order valence-corrected chi connectivity index (χ1v) is 13.1. The number of carbonyl (C=O) groups is 1. The second kappa shape index (κ2) is 12.8. The molecular formula is C27H31N3O7S. The van der Waals surface area contributed by atoms with Crippen molar-refractivity contribution in [3.8, 4) is 23.0 Å². The molecule has 10 nitrogen and oxygen atoms in total. The van der Waals surface area contributed by atoms with Gasteiger partial charge in [0.2, 0.25) is 5.75 Å². The molecule has 0 aliphatic carbocycles. The maximum absolute atomic E-state index is 13.6. The number of hydrazone groups is 1. The van der Waals surface area contributed by atoms with E-state index in [-0.39, 0.29) is 10.6 Å². The van der Waals surface area contributed by atoms with Crippen molar-refractivity contribution in [1.29, 1.82) is 0 Å². The fourth-order valence-corrected chi connectivity index (χ4v) is 5.03. The molecule has 0 aromatic heterocycles. The van der Waals surface area contributed by atoms with Crippen molar-refractivity contribution in [1.82, 2.24) is 5.43 Å². The first-order chi connectivity index (χ1) is 18.2. The number of carbonyl (C=O) groups excluding carboxylic acids is 1. The van der Waals surface area contributed by atoms with Crippen molar-refractivity contribution in [2.45, 2.75) is 18.7 Å². The van der Waals surface area contributed by atoms with Crippen LogP contribution in [0.15, 0.2) is 70.7 Å². The lowest BCUT2D eigenvalue weighted by atomic mass is 10.2. The monoisotopic (exact) mass is 541 g/mol. The molecular weight excluding hydrogens is 510 g/mol. The highest BCUT2D eigenvalue weighted by Crippen LogP contribution is 2.37. The summed E-state index contributed by atoms with van der Waals surface area (Å²) in [5.41, 5.74) is 4.09. The molecule has 0 saturated carbocycles. The van der Waals surface area contributed by atoms with E-state index in [2.05, 4.69) is 10.5 Å². The Labute approximate surface area is 222 Å². The lowest BCUT2D eigenvalue weighted by Crippen LogP contribution is -2.39. The number of hydrogen-bond donors (Lipinski definition) is 1. The maximum Gasteiger partial charge on any atom is 0.264 e. The number of amides is 1. The van der Waals surface area contributed by atoms with Crippen molar-refractivity contribution in [2.24, 2.45) is 5.10 Å². The molecule has 3 rings (SSSR count). The van der Waals surface area contributed by atoms with Crippen LogP contribution in [0.3, 0.4) is 0 Å². The molecule has 1 amide bonds. The first kappa shape index (κ1) is 28.3. The Kier molecular flexibility index (Phi) is 9.55.